The van der Waals surface area contributed by atoms with E-state index >= 15 is 0 Å². The van der Waals surface area contributed by atoms with Crippen molar-refractivity contribution in [2.75, 3.05) is 19.6 Å². The third-order valence-electron chi connectivity index (χ3n) is 5.97. The molecular weight excluding hydrogens is 342 g/mol. The quantitative estimate of drug-likeness (QED) is 0.807. The second-order valence-electron chi connectivity index (χ2n) is 7.65. The Balaban J connectivity index is 1.37. The van der Waals surface area contributed by atoms with Gasteiger partial charge in [0.25, 0.3) is 5.91 Å². The highest BCUT2D eigenvalue weighted by molar-refractivity contribution is 5.92. The molecule has 2 saturated heterocycles. The molecule has 2 aliphatic rings. The van der Waals surface area contributed by atoms with Crippen LogP contribution in [0.4, 0.5) is 0 Å². The van der Waals surface area contributed by atoms with Crippen molar-refractivity contribution in [3.8, 4) is 0 Å². The lowest BCUT2D eigenvalue weighted by atomic mass is 9.83. The molecule has 7 heteroatoms. The van der Waals surface area contributed by atoms with Gasteiger partial charge in [-0.25, -0.2) is 4.98 Å². The average molecular weight is 369 g/mol. The monoisotopic (exact) mass is 369 g/mol. The first kappa shape index (κ1) is 17.8. The number of piperidine rings is 2. The van der Waals surface area contributed by atoms with E-state index in [0.29, 0.717) is 12.3 Å². The fourth-order valence-electron chi connectivity index (χ4n) is 4.51. The summed E-state index contributed by atoms with van der Waals surface area (Å²) in [5.74, 6) is 0.752. The molecule has 2 aromatic rings. The topological polar surface area (TPSA) is 63.4 Å². The van der Waals surface area contributed by atoms with E-state index in [4.69, 9.17) is 0 Å². The molecule has 0 aromatic carbocycles. The summed E-state index contributed by atoms with van der Waals surface area (Å²) in [6, 6.07) is 4.05. The fraction of sp³-hybridized carbons (Fsp3) is 0.550. The molecule has 2 aliphatic heterocycles. The molecule has 2 aromatic heterocycles. The van der Waals surface area contributed by atoms with Crippen molar-refractivity contribution in [2.45, 2.75) is 38.3 Å². The van der Waals surface area contributed by atoms with E-state index in [9.17, 15) is 9.59 Å². The molecule has 4 rings (SSSR count). The summed E-state index contributed by atoms with van der Waals surface area (Å²) in [6.07, 6.45) is 10.7. The van der Waals surface area contributed by atoms with Crippen LogP contribution in [0.2, 0.25) is 0 Å². The molecule has 0 saturated carbocycles. The number of rotatable bonds is 5. The first-order valence-corrected chi connectivity index (χ1v) is 9.79. The second kappa shape index (κ2) is 7.58. The van der Waals surface area contributed by atoms with Gasteiger partial charge in [-0.15, -0.1) is 0 Å². The fourth-order valence-corrected chi connectivity index (χ4v) is 4.51. The zero-order valence-corrected chi connectivity index (χ0v) is 15.8. The van der Waals surface area contributed by atoms with Gasteiger partial charge < -0.3 is 18.9 Å². The van der Waals surface area contributed by atoms with Crippen LogP contribution in [0.15, 0.2) is 37.1 Å². The number of aryl methyl sites for hydroxylation is 2. The minimum absolute atomic E-state index is 0.101. The molecular formula is C20H27N5O2. The highest BCUT2D eigenvalue weighted by atomic mass is 16.2. The Labute approximate surface area is 159 Å². The Hall–Kier alpha value is -2.57. The summed E-state index contributed by atoms with van der Waals surface area (Å²) in [4.78, 5) is 33.4. The van der Waals surface area contributed by atoms with Gasteiger partial charge in [-0.3, -0.25) is 9.59 Å². The van der Waals surface area contributed by atoms with Gasteiger partial charge in [0.2, 0.25) is 5.91 Å². The lowest BCUT2D eigenvalue weighted by Crippen LogP contribution is -2.57. The lowest BCUT2D eigenvalue weighted by Gasteiger charge is -2.47. The third kappa shape index (κ3) is 3.63. The van der Waals surface area contributed by atoms with E-state index in [2.05, 4.69) is 9.88 Å². The highest BCUT2D eigenvalue weighted by Crippen LogP contribution is 2.32. The number of imidazole rings is 1. The molecule has 0 N–H and O–H groups in total. The molecule has 2 atom stereocenters. The normalized spacial score (nSPS) is 22.8. The number of nitrogens with zero attached hydrogens (tertiary/aromatic N) is 5. The van der Waals surface area contributed by atoms with Crippen LogP contribution in [-0.4, -0.2) is 61.4 Å². The van der Waals surface area contributed by atoms with E-state index in [1.54, 1.807) is 6.20 Å². The molecule has 2 fully saturated rings. The number of carbonyl (C=O) groups excluding carboxylic acids is 2. The first-order chi connectivity index (χ1) is 13.1. The number of aromatic nitrogens is 3. The maximum absolute atomic E-state index is 12.8. The Morgan fingerprint density at radius 1 is 1.26 bits per heavy atom. The molecule has 2 amide bonds. The zero-order valence-electron chi connectivity index (χ0n) is 15.8. The number of hydrogen-bond acceptors (Lipinski definition) is 3. The summed E-state index contributed by atoms with van der Waals surface area (Å²) in [6.45, 7) is 3.12. The zero-order chi connectivity index (χ0) is 18.8. The third-order valence-corrected chi connectivity index (χ3v) is 5.97. The van der Waals surface area contributed by atoms with E-state index in [0.717, 1.165) is 51.1 Å². The molecule has 0 unspecified atom stereocenters. The maximum atomic E-state index is 12.8. The van der Waals surface area contributed by atoms with Gasteiger partial charge in [0.05, 0.1) is 6.33 Å². The SMILES string of the molecule is Cn1cccc1C(=O)N1CC[C@@H]2[C@@H](CCC(=O)N2CCCn2ccnc2)C1. The molecule has 0 aliphatic carbocycles. The molecule has 0 bridgehead atoms. The van der Waals surface area contributed by atoms with Crippen LogP contribution in [-0.2, 0) is 18.4 Å². The number of hydrogen-bond donors (Lipinski definition) is 0. The Kier molecular flexibility index (Phi) is 5.01. The van der Waals surface area contributed by atoms with E-state index in [-0.39, 0.29) is 17.9 Å². The smallest absolute Gasteiger partial charge is 0.270 e. The number of fused-ring (bicyclic) bond motifs is 1. The second-order valence-corrected chi connectivity index (χ2v) is 7.65. The Bertz CT molecular complexity index is 797. The lowest BCUT2D eigenvalue weighted by molar-refractivity contribution is -0.140. The van der Waals surface area contributed by atoms with Crippen LogP contribution in [0.25, 0.3) is 0 Å². The highest BCUT2D eigenvalue weighted by Gasteiger charge is 2.40. The largest absolute Gasteiger partial charge is 0.347 e. The summed E-state index contributed by atoms with van der Waals surface area (Å²) >= 11 is 0. The van der Waals surface area contributed by atoms with Gasteiger partial charge in [-0.05, 0) is 37.3 Å². The molecule has 7 nitrogen and oxygen atoms in total. The summed E-state index contributed by atoms with van der Waals surface area (Å²) < 4.78 is 3.92. The van der Waals surface area contributed by atoms with Crippen molar-refractivity contribution in [2.24, 2.45) is 13.0 Å². The minimum Gasteiger partial charge on any atom is -0.347 e. The molecule has 0 radical (unpaired) electrons. The van der Waals surface area contributed by atoms with Gasteiger partial charge in [0.15, 0.2) is 0 Å². The van der Waals surface area contributed by atoms with Crippen molar-refractivity contribution in [3.63, 3.8) is 0 Å². The molecule has 4 heterocycles. The summed E-state index contributed by atoms with van der Waals surface area (Å²) in [7, 11) is 1.90. The van der Waals surface area contributed by atoms with Crippen LogP contribution in [0.1, 0.15) is 36.2 Å². The average Bonchev–Trinajstić information content (AvgIpc) is 3.34. The van der Waals surface area contributed by atoms with Crippen LogP contribution >= 0.6 is 0 Å². The van der Waals surface area contributed by atoms with Crippen molar-refractivity contribution in [1.82, 2.24) is 23.9 Å². The van der Waals surface area contributed by atoms with Crippen molar-refractivity contribution < 1.29 is 9.59 Å². The van der Waals surface area contributed by atoms with Gasteiger partial charge in [-0.2, -0.15) is 0 Å². The van der Waals surface area contributed by atoms with Crippen molar-refractivity contribution >= 4 is 11.8 Å². The standard InChI is InChI=1S/C20H27N5O2/c1-22-9-2-4-18(22)20(27)24-12-7-17-16(14-24)5-6-19(26)25(17)11-3-10-23-13-8-21-15-23/h2,4,8-9,13,15-17H,3,5-7,10-12,14H2,1H3/t16-,17+/m0/s1. The van der Waals surface area contributed by atoms with E-state index in [1.807, 2.05) is 51.9 Å². The molecule has 0 spiro atoms. The van der Waals surface area contributed by atoms with Crippen LogP contribution in [0.3, 0.4) is 0 Å². The predicted octanol–water partition coefficient (Wildman–Crippen LogP) is 1.76. The van der Waals surface area contributed by atoms with Crippen LogP contribution < -0.4 is 0 Å². The number of carbonyl (C=O) groups is 2. The summed E-state index contributed by atoms with van der Waals surface area (Å²) in [5.41, 5.74) is 0.734. The van der Waals surface area contributed by atoms with E-state index in [1.165, 1.54) is 0 Å². The van der Waals surface area contributed by atoms with Crippen molar-refractivity contribution in [3.05, 3.63) is 42.7 Å². The van der Waals surface area contributed by atoms with Gasteiger partial charge >= 0.3 is 0 Å². The molecule has 144 valence electrons. The summed E-state index contributed by atoms with van der Waals surface area (Å²) in [5, 5.41) is 0. The van der Waals surface area contributed by atoms with Crippen molar-refractivity contribution in [1.29, 1.82) is 0 Å². The number of amides is 2. The van der Waals surface area contributed by atoms with E-state index < -0.39 is 0 Å². The first-order valence-electron chi connectivity index (χ1n) is 9.79. The Morgan fingerprint density at radius 2 is 2.15 bits per heavy atom. The maximum Gasteiger partial charge on any atom is 0.270 e. The molecule has 27 heavy (non-hydrogen) atoms. The van der Waals surface area contributed by atoms with Crippen LogP contribution in [0, 0.1) is 5.92 Å². The Morgan fingerprint density at radius 3 is 2.89 bits per heavy atom. The number of likely N-dealkylation sites (tertiary alicyclic amines) is 2. The van der Waals surface area contributed by atoms with Gasteiger partial charge in [-0.1, -0.05) is 0 Å². The van der Waals surface area contributed by atoms with Crippen LogP contribution in [0.5, 0.6) is 0 Å². The minimum atomic E-state index is 0.101. The van der Waals surface area contributed by atoms with Gasteiger partial charge in [0, 0.05) is 64.3 Å². The van der Waals surface area contributed by atoms with Gasteiger partial charge in [0.1, 0.15) is 5.69 Å². The predicted molar refractivity (Wildman–Crippen MR) is 101 cm³/mol.